The van der Waals surface area contributed by atoms with Gasteiger partial charge in [-0.25, -0.2) is 8.42 Å². The van der Waals surface area contributed by atoms with Crippen molar-refractivity contribution in [2.45, 2.75) is 70.1 Å². The minimum absolute atomic E-state index is 0.289. The van der Waals surface area contributed by atoms with E-state index in [2.05, 4.69) is 13.8 Å². The number of hydrogen-bond acceptors (Lipinski definition) is 2. The molecular formula is C17H28O2S. The number of unbranched alkanes of at least 4 members (excludes halogenated alkanes) is 5. The molecule has 0 aliphatic rings. The van der Waals surface area contributed by atoms with Gasteiger partial charge in [0.2, 0.25) is 0 Å². The lowest BCUT2D eigenvalue weighted by atomic mass is 10.1. The van der Waals surface area contributed by atoms with Crippen molar-refractivity contribution < 1.29 is 8.42 Å². The molecule has 0 unspecified atom stereocenters. The summed E-state index contributed by atoms with van der Waals surface area (Å²) in [6.45, 7) is 4.30. The van der Waals surface area contributed by atoms with Crippen LogP contribution in [0.5, 0.6) is 0 Å². The van der Waals surface area contributed by atoms with Gasteiger partial charge in [-0.15, -0.1) is 0 Å². The number of rotatable bonds is 10. The van der Waals surface area contributed by atoms with E-state index in [1.54, 1.807) is 6.07 Å². The van der Waals surface area contributed by atoms with Gasteiger partial charge < -0.3 is 0 Å². The predicted octanol–water partition coefficient (Wildman–Crippen LogP) is 4.77. The summed E-state index contributed by atoms with van der Waals surface area (Å²) >= 11 is 0. The van der Waals surface area contributed by atoms with Crippen molar-refractivity contribution in [1.82, 2.24) is 0 Å². The lowest BCUT2D eigenvalue weighted by Gasteiger charge is -2.10. The first-order chi connectivity index (χ1) is 9.61. The van der Waals surface area contributed by atoms with Crippen molar-refractivity contribution in [3.63, 3.8) is 0 Å². The van der Waals surface area contributed by atoms with Gasteiger partial charge in [-0.05, 0) is 30.9 Å². The molecule has 0 saturated carbocycles. The number of aryl methyl sites for hydroxylation is 1. The van der Waals surface area contributed by atoms with E-state index in [0.29, 0.717) is 4.90 Å². The molecule has 0 heterocycles. The molecule has 0 radical (unpaired) electrons. The SMILES string of the molecule is CCCCCCS(=O)(=O)c1ccccc1CCCCC. The van der Waals surface area contributed by atoms with E-state index in [9.17, 15) is 8.42 Å². The van der Waals surface area contributed by atoms with Crippen LogP contribution in [0.15, 0.2) is 29.2 Å². The number of sulfone groups is 1. The molecule has 0 aromatic heterocycles. The minimum atomic E-state index is -3.11. The molecule has 20 heavy (non-hydrogen) atoms. The highest BCUT2D eigenvalue weighted by Crippen LogP contribution is 2.20. The molecule has 0 fully saturated rings. The molecule has 114 valence electrons. The zero-order chi connectivity index (χ0) is 14.8. The van der Waals surface area contributed by atoms with E-state index in [1.807, 2.05) is 18.2 Å². The Morgan fingerprint density at radius 1 is 0.850 bits per heavy atom. The van der Waals surface area contributed by atoms with Gasteiger partial charge in [-0.1, -0.05) is 64.2 Å². The average Bonchev–Trinajstić information content (AvgIpc) is 2.44. The van der Waals surface area contributed by atoms with Crippen molar-refractivity contribution in [1.29, 1.82) is 0 Å². The maximum Gasteiger partial charge on any atom is 0.178 e. The molecule has 0 saturated heterocycles. The fourth-order valence-electron chi connectivity index (χ4n) is 2.41. The normalized spacial score (nSPS) is 11.7. The molecule has 0 N–H and O–H groups in total. The summed E-state index contributed by atoms with van der Waals surface area (Å²) in [7, 11) is -3.11. The summed E-state index contributed by atoms with van der Waals surface area (Å²) in [5.74, 6) is 0.289. The summed E-state index contributed by atoms with van der Waals surface area (Å²) < 4.78 is 24.9. The van der Waals surface area contributed by atoms with Crippen LogP contribution in [-0.2, 0) is 16.3 Å². The highest BCUT2D eigenvalue weighted by molar-refractivity contribution is 7.91. The Bertz CT molecular complexity index is 478. The van der Waals surface area contributed by atoms with Crippen LogP contribution in [0, 0.1) is 0 Å². The fraction of sp³-hybridized carbons (Fsp3) is 0.647. The summed E-state index contributed by atoms with van der Waals surface area (Å²) in [4.78, 5) is 0.563. The quantitative estimate of drug-likeness (QED) is 0.583. The van der Waals surface area contributed by atoms with Crippen molar-refractivity contribution >= 4 is 9.84 Å². The lowest BCUT2D eigenvalue weighted by molar-refractivity contribution is 0.587. The molecule has 1 aromatic rings. The second-order valence-electron chi connectivity index (χ2n) is 5.44. The van der Waals surface area contributed by atoms with E-state index >= 15 is 0 Å². The third-order valence-electron chi connectivity index (χ3n) is 3.62. The van der Waals surface area contributed by atoms with Gasteiger partial charge in [0.05, 0.1) is 10.6 Å². The zero-order valence-corrected chi connectivity index (χ0v) is 13.7. The van der Waals surface area contributed by atoms with E-state index in [0.717, 1.165) is 56.9 Å². The second-order valence-corrected chi connectivity index (χ2v) is 7.52. The van der Waals surface area contributed by atoms with Crippen molar-refractivity contribution in [3.8, 4) is 0 Å². The lowest BCUT2D eigenvalue weighted by Crippen LogP contribution is -2.09. The van der Waals surface area contributed by atoms with Gasteiger partial charge in [0, 0.05) is 0 Å². The summed E-state index contributed by atoms with van der Waals surface area (Å²) in [5.41, 5.74) is 0.997. The molecule has 0 spiro atoms. The zero-order valence-electron chi connectivity index (χ0n) is 12.9. The van der Waals surface area contributed by atoms with E-state index in [4.69, 9.17) is 0 Å². The highest BCUT2D eigenvalue weighted by Gasteiger charge is 2.17. The first kappa shape index (κ1) is 17.2. The van der Waals surface area contributed by atoms with Crippen LogP contribution >= 0.6 is 0 Å². The monoisotopic (exact) mass is 296 g/mol. The van der Waals surface area contributed by atoms with E-state index < -0.39 is 9.84 Å². The molecular weight excluding hydrogens is 268 g/mol. The van der Waals surface area contributed by atoms with Crippen molar-refractivity contribution in [2.75, 3.05) is 5.75 Å². The summed E-state index contributed by atoms with van der Waals surface area (Å²) in [5, 5.41) is 0. The molecule has 0 aliphatic carbocycles. The average molecular weight is 296 g/mol. The number of hydrogen-bond donors (Lipinski definition) is 0. The Morgan fingerprint density at radius 2 is 1.50 bits per heavy atom. The molecule has 0 amide bonds. The largest absolute Gasteiger partial charge is 0.224 e. The van der Waals surface area contributed by atoms with Gasteiger partial charge in [0.15, 0.2) is 9.84 Å². The third-order valence-corrected chi connectivity index (χ3v) is 5.52. The van der Waals surface area contributed by atoms with Gasteiger partial charge in [0.1, 0.15) is 0 Å². The standard InChI is InChI=1S/C17H28O2S/c1-3-5-7-11-15-20(18,19)17-14-10-9-13-16(17)12-8-6-4-2/h9-10,13-14H,3-8,11-12,15H2,1-2H3. The van der Waals surface area contributed by atoms with Gasteiger partial charge in [-0.3, -0.25) is 0 Å². The van der Waals surface area contributed by atoms with E-state index in [1.165, 1.54) is 0 Å². The fourth-order valence-corrected chi connectivity index (χ4v) is 4.07. The maximum atomic E-state index is 12.4. The van der Waals surface area contributed by atoms with Crippen LogP contribution in [0.2, 0.25) is 0 Å². The first-order valence-corrected chi connectivity index (χ1v) is 9.57. The molecule has 0 aliphatic heterocycles. The topological polar surface area (TPSA) is 34.1 Å². The molecule has 1 aromatic carbocycles. The number of benzene rings is 1. The molecule has 0 bridgehead atoms. The Hall–Kier alpha value is -0.830. The van der Waals surface area contributed by atoms with Crippen LogP contribution in [0.25, 0.3) is 0 Å². The Kier molecular flexibility index (Phi) is 7.90. The molecule has 0 atom stereocenters. The van der Waals surface area contributed by atoms with Gasteiger partial charge >= 0.3 is 0 Å². The van der Waals surface area contributed by atoms with Crippen LogP contribution in [0.4, 0.5) is 0 Å². The Balaban J connectivity index is 2.72. The van der Waals surface area contributed by atoms with Crippen LogP contribution in [-0.4, -0.2) is 14.2 Å². The van der Waals surface area contributed by atoms with Gasteiger partial charge in [0.25, 0.3) is 0 Å². The minimum Gasteiger partial charge on any atom is -0.224 e. The van der Waals surface area contributed by atoms with Gasteiger partial charge in [-0.2, -0.15) is 0 Å². The maximum absolute atomic E-state index is 12.4. The summed E-state index contributed by atoms with van der Waals surface area (Å²) in [6.07, 6.45) is 8.29. The van der Waals surface area contributed by atoms with Crippen molar-refractivity contribution in [3.05, 3.63) is 29.8 Å². The Morgan fingerprint density at radius 3 is 2.20 bits per heavy atom. The smallest absolute Gasteiger partial charge is 0.178 e. The second kappa shape index (κ2) is 9.17. The molecule has 2 nitrogen and oxygen atoms in total. The highest BCUT2D eigenvalue weighted by atomic mass is 32.2. The van der Waals surface area contributed by atoms with E-state index in [-0.39, 0.29) is 5.75 Å². The molecule has 1 rings (SSSR count). The van der Waals surface area contributed by atoms with Crippen LogP contribution in [0.3, 0.4) is 0 Å². The first-order valence-electron chi connectivity index (χ1n) is 7.92. The predicted molar refractivity (Wildman–Crippen MR) is 85.9 cm³/mol. The summed E-state index contributed by atoms with van der Waals surface area (Å²) in [6, 6.07) is 7.52. The van der Waals surface area contributed by atoms with Crippen LogP contribution in [0.1, 0.15) is 64.4 Å². The van der Waals surface area contributed by atoms with Crippen LogP contribution < -0.4 is 0 Å². The third kappa shape index (κ3) is 5.66. The molecule has 3 heteroatoms. The van der Waals surface area contributed by atoms with Crippen molar-refractivity contribution in [2.24, 2.45) is 0 Å². The Labute approximate surface area is 124 Å².